The minimum Gasteiger partial charge on any atom is -0.446 e. The number of aromatic nitrogens is 1. The van der Waals surface area contributed by atoms with Crippen LogP contribution in [-0.2, 0) is 4.74 Å². The summed E-state index contributed by atoms with van der Waals surface area (Å²) in [4.78, 5) is 11.0. The van der Waals surface area contributed by atoms with E-state index in [0.717, 1.165) is 6.42 Å². The number of carbonyl (C=O) groups is 1. The summed E-state index contributed by atoms with van der Waals surface area (Å²) < 4.78 is 6.36. The number of hydrogen-bond acceptors (Lipinski definition) is 2. The Morgan fingerprint density at radius 2 is 2.08 bits per heavy atom. The monoisotopic (exact) mass is 181 g/mol. The van der Waals surface area contributed by atoms with Crippen molar-refractivity contribution in [1.82, 2.24) is 0 Å². The summed E-state index contributed by atoms with van der Waals surface area (Å²) in [7, 11) is 0. The number of nitrogens with one attached hydrogen (secondary N) is 1. The van der Waals surface area contributed by atoms with E-state index >= 15 is 0 Å². The molecule has 1 aromatic heterocycles. The van der Waals surface area contributed by atoms with Gasteiger partial charge in [0.05, 0.1) is 6.61 Å². The lowest BCUT2D eigenvalue weighted by atomic mass is 10.5. The van der Waals surface area contributed by atoms with Gasteiger partial charge >= 0.3 is 6.09 Å². The zero-order valence-corrected chi connectivity index (χ0v) is 7.56. The lowest BCUT2D eigenvalue weighted by molar-refractivity contribution is -0.642. The quantitative estimate of drug-likeness (QED) is 0.708. The predicted molar refractivity (Wildman–Crippen MR) is 47.6 cm³/mol. The molecule has 4 heteroatoms. The SMILES string of the molecule is CCCOC(=O)N[n+]1ccccc1. The van der Waals surface area contributed by atoms with Crippen LogP contribution in [0.5, 0.6) is 0 Å². The Morgan fingerprint density at radius 3 is 2.69 bits per heavy atom. The zero-order valence-electron chi connectivity index (χ0n) is 7.56. The molecule has 70 valence electrons. The average molecular weight is 181 g/mol. The Balaban J connectivity index is 2.37. The normalized spacial score (nSPS) is 9.31. The van der Waals surface area contributed by atoms with Crippen molar-refractivity contribution in [3.05, 3.63) is 30.6 Å². The van der Waals surface area contributed by atoms with E-state index < -0.39 is 6.09 Å². The van der Waals surface area contributed by atoms with Gasteiger partial charge in [0.25, 0.3) is 0 Å². The van der Waals surface area contributed by atoms with Gasteiger partial charge < -0.3 is 4.74 Å². The van der Waals surface area contributed by atoms with Gasteiger partial charge in [-0.3, -0.25) is 0 Å². The molecule has 0 fully saturated rings. The van der Waals surface area contributed by atoms with Crippen molar-refractivity contribution in [3.8, 4) is 0 Å². The van der Waals surface area contributed by atoms with Crippen LogP contribution in [0.25, 0.3) is 0 Å². The fraction of sp³-hybridized carbons (Fsp3) is 0.333. The van der Waals surface area contributed by atoms with Crippen molar-refractivity contribution in [2.75, 3.05) is 12.0 Å². The van der Waals surface area contributed by atoms with Crippen LogP contribution in [0.4, 0.5) is 4.79 Å². The van der Waals surface area contributed by atoms with Crippen molar-refractivity contribution in [2.45, 2.75) is 13.3 Å². The van der Waals surface area contributed by atoms with Gasteiger partial charge in [-0.25, -0.2) is 4.79 Å². The second kappa shape index (κ2) is 5.13. The van der Waals surface area contributed by atoms with Crippen LogP contribution in [0.15, 0.2) is 30.6 Å². The molecule has 0 radical (unpaired) electrons. The number of carbonyl (C=O) groups excluding carboxylic acids is 1. The van der Waals surface area contributed by atoms with Gasteiger partial charge in [0.1, 0.15) is 0 Å². The number of pyridine rings is 1. The summed E-state index contributed by atoms with van der Waals surface area (Å²) in [5, 5.41) is 0. The van der Waals surface area contributed by atoms with Crippen molar-refractivity contribution in [1.29, 1.82) is 0 Å². The predicted octanol–water partition coefficient (Wildman–Crippen LogP) is 1.06. The molecule has 0 aliphatic carbocycles. The van der Waals surface area contributed by atoms with Crippen LogP contribution < -0.4 is 10.1 Å². The zero-order chi connectivity index (χ0) is 9.52. The van der Waals surface area contributed by atoms with Crippen molar-refractivity contribution in [2.24, 2.45) is 0 Å². The third kappa shape index (κ3) is 3.55. The molecule has 0 bridgehead atoms. The molecule has 1 heterocycles. The van der Waals surface area contributed by atoms with Gasteiger partial charge in [-0.05, 0) is 6.42 Å². The first kappa shape index (κ1) is 9.51. The third-order valence-electron chi connectivity index (χ3n) is 1.37. The van der Waals surface area contributed by atoms with E-state index in [9.17, 15) is 4.79 Å². The van der Waals surface area contributed by atoms with E-state index in [2.05, 4.69) is 5.43 Å². The highest BCUT2D eigenvalue weighted by Gasteiger charge is 2.05. The number of amides is 1. The Hall–Kier alpha value is -1.58. The number of ether oxygens (including phenoxy) is 1. The highest BCUT2D eigenvalue weighted by Crippen LogP contribution is 1.81. The first-order chi connectivity index (χ1) is 6.33. The summed E-state index contributed by atoms with van der Waals surface area (Å²) in [6.07, 6.45) is 3.85. The van der Waals surface area contributed by atoms with E-state index in [4.69, 9.17) is 4.74 Å². The van der Waals surface area contributed by atoms with Gasteiger partial charge in [-0.1, -0.05) is 23.1 Å². The fourth-order valence-corrected chi connectivity index (χ4v) is 0.806. The molecule has 0 aliphatic rings. The smallest absolute Gasteiger partial charge is 0.446 e. The molecule has 1 amide bonds. The first-order valence-electron chi connectivity index (χ1n) is 4.23. The Labute approximate surface area is 77.1 Å². The number of rotatable bonds is 3. The molecule has 0 saturated carbocycles. The largest absolute Gasteiger partial charge is 0.461 e. The first-order valence-corrected chi connectivity index (χ1v) is 4.23. The lowest BCUT2D eigenvalue weighted by Crippen LogP contribution is -2.47. The molecule has 0 spiro atoms. The number of nitrogens with zero attached hydrogens (tertiary/aromatic N) is 1. The molecule has 0 atom stereocenters. The highest BCUT2D eigenvalue weighted by atomic mass is 16.6. The average Bonchev–Trinajstić information content (AvgIpc) is 2.16. The molecule has 1 N–H and O–H groups in total. The third-order valence-corrected chi connectivity index (χ3v) is 1.37. The van der Waals surface area contributed by atoms with Gasteiger partial charge in [0, 0.05) is 12.1 Å². The number of hydrogen-bond donors (Lipinski definition) is 1. The topological polar surface area (TPSA) is 42.2 Å². The van der Waals surface area contributed by atoms with Crippen molar-refractivity contribution in [3.63, 3.8) is 0 Å². The molecule has 13 heavy (non-hydrogen) atoms. The fourth-order valence-electron chi connectivity index (χ4n) is 0.806. The van der Waals surface area contributed by atoms with Crippen LogP contribution in [0.2, 0.25) is 0 Å². The van der Waals surface area contributed by atoms with E-state index in [1.807, 2.05) is 25.1 Å². The van der Waals surface area contributed by atoms with Crippen LogP contribution in [-0.4, -0.2) is 12.7 Å². The molecule has 0 aromatic carbocycles. The maximum atomic E-state index is 11.0. The summed E-state index contributed by atoms with van der Waals surface area (Å²) in [5.41, 5.74) is 2.53. The molecule has 0 unspecified atom stereocenters. The summed E-state index contributed by atoms with van der Waals surface area (Å²) in [5.74, 6) is 0. The molecular weight excluding hydrogens is 168 g/mol. The summed E-state index contributed by atoms with van der Waals surface area (Å²) >= 11 is 0. The second-order valence-corrected chi connectivity index (χ2v) is 2.53. The maximum absolute atomic E-state index is 11.0. The lowest BCUT2D eigenvalue weighted by Gasteiger charge is -1.99. The summed E-state index contributed by atoms with van der Waals surface area (Å²) in [6.45, 7) is 2.39. The Kier molecular flexibility index (Phi) is 3.75. The molecular formula is C9H13N2O2+. The van der Waals surface area contributed by atoms with E-state index in [1.54, 1.807) is 12.4 Å². The molecule has 1 rings (SSSR count). The molecule has 1 aromatic rings. The van der Waals surface area contributed by atoms with Crippen LogP contribution in [0, 0.1) is 0 Å². The highest BCUT2D eigenvalue weighted by molar-refractivity contribution is 5.73. The van der Waals surface area contributed by atoms with Gasteiger partial charge in [-0.2, -0.15) is 0 Å². The molecule has 4 nitrogen and oxygen atoms in total. The van der Waals surface area contributed by atoms with Crippen LogP contribution in [0.3, 0.4) is 0 Å². The second-order valence-electron chi connectivity index (χ2n) is 2.53. The summed E-state index contributed by atoms with van der Waals surface area (Å²) in [6, 6.07) is 5.51. The maximum Gasteiger partial charge on any atom is 0.461 e. The van der Waals surface area contributed by atoms with Crippen LogP contribution >= 0.6 is 0 Å². The van der Waals surface area contributed by atoms with Crippen molar-refractivity contribution >= 4 is 6.09 Å². The van der Waals surface area contributed by atoms with Gasteiger partial charge in [-0.15, -0.1) is 0 Å². The van der Waals surface area contributed by atoms with Crippen molar-refractivity contribution < 1.29 is 14.2 Å². The van der Waals surface area contributed by atoms with Crippen LogP contribution in [0.1, 0.15) is 13.3 Å². The Bertz CT molecular complexity index is 262. The van der Waals surface area contributed by atoms with Gasteiger partial charge in [0.2, 0.25) is 0 Å². The standard InChI is InChI=1S/C9H12N2O2/c1-2-8-13-9(12)10-11-6-4-3-5-7-11/h3-7H,2,8H2,1H3/p+1. The van der Waals surface area contributed by atoms with E-state index in [1.165, 1.54) is 4.68 Å². The van der Waals surface area contributed by atoms with E-state index in [0.29, 0.717) is 6.61 Å². The molecule has 0 aliphatic heterocycles. The molecule has 0 saturated heterocycles. The minimum atomic E-state index is -0.432. The minimum absolute atomic E-state index is 0.432. The van der Waals surface area contributed by atoms with E-state index in [-0.39, 0.29) is 0 Å². The van der Waals surface area contributed by atoms with Gasteiger partial charge in [0.15, 0.2) is 12.4 Å². The Morgan fingerprint density at radius 1 is 1.38 bits per heavy atom.